The minimum absolute atomic E-state index is 0.665. The highest BCUT2D eigenvalue weighted by atomic mass is 19.4. The first-order chi connectivity index (χ1) is 13.4. The summed E-state index contributed by atoms with van der Waals surface area (Å²) >= 11 is 0. The lowest BCUT2D eigenvalue weighted by Gasteiger charge is -2.21. The summed E-state index contributed by atoms with van der Waals surface area (Å²) in [4.78, 5) is 3.39. The zero-order valence-electron chi connectivity index (χ0n) is 15.4. The van der Waals surface area contributed by atoms with E-state index in [1.54, 1.807) is 24.3 Å². The molecule has 0 aliphatic heterocycles. The topological polar surface area (TPSA) is 15.8 Å². The second-order valence-electron chi connectivity index (χ2n) is 7.11. The van der Waals surface area contributed by atoms with Gasteiger partial charge in [0.2, 0.25) is 0 Å². The molecule has 4 aromatic rings. The van der Waals surface area contributed by atoms with Crippen molar-refractivity contribution in [2.75, 3.05) is 0 Å². The largest absolute Gasteiger partial charge is 0.390 e. The van der Waals surface area contributed by atoms with Crippen molar-refractivity contribution < 1.29 is 13.2 Å². The lowest BCUT2D eigenvalue weighted by atomic mass is 9.85. The number of halogens is 3. The molecule has 0 spiro atoms. The Morgan fingerprint density at radius 2 is 1.50 bits per heavy atom. The molecule has 0 saturated carbocycles. The summed E-state index contributed by atoms with van der Waals surface area (Å²) in [5, 5.41) is 0.836. The molecule has 1 atom stereocenters. The summed E-state index contributed by atoms with van der Waals surface area (Å²) in [7, 11) is 0. The van der Waals surface area contributed by atoms with E-state index >= 15 is 0 Å². The van der Waals surface area contributed by atoms with Gasteiger partial charge in [-0.1, -0.05) is 72.8 Å². The number of aryl methyl sites for hydroxylation is 1. The van der Waals surface area contributed by atoms with Crippen LogP contribution in [-0.4, -0.2) is 11.2 Å². The molecule has 1 nitrogen and oxygen atoms in total. The average Bonchev–Trinajstić information content (AvgIpc) is 3.05. The Morgan fingerprint density at radius 1 is 0.857 bits per heavy atom. The van der Waals surface area contributed by atoms with Gasteiger partial charge in [0.15, 0.2) is 0 Å². The first-order valence-electron chi connectivity index (χ1n) is 9.22. The molecular weight excluding hydrogens is 359 g/mol. The Labute approximate surface area is 161 Å². The van der Waals surface area contributed by atoms with Gasteiger partial charge in [-0.25, -0.2) is 0 Å². The van der Waals surface area contributed by atoms with Gasteiger partial charge in [-0.15, -0.1) is 0 Å². The van der Waals surface area contributed by atoms with Crippen LogP contribution in [-0.2, 0) is 0 Å². The molecule has 0 saturated heterocycles. The highest BCUT2D eigenvalue weighted by Gasteiger charge is 2.35. The summed E-state index contributed by atoms with van der Waals surface area (Å²) in [6.45, 7) is 1.98. The van der Waals surface area contributed by atoms with E-state index in [2.05, 4.69) is 4.98 Å². The summed E-state index contributed by atoms with van der Waals surface area (Å²) in [5.74, 6) is -0.784. The third-order valence-corrected chi connectivity index (χ3v) is 5.04. The van der Waals surface area contributed by atoms with Crippen LogP contribution in [0.25, 0.3) is 22.2 Å². The van der Waals surface area contributed by atoms with Gasteiger partial charge in [0, 0.05) is 16.8 Å². The molecule has 4 rings (SSSR count). The van der Waals surface area contributed by atoms with Crippen LogP contribution in [0.3, 0.4) is 0 Å². The van der Waals surface area contributed by atoms with E-state index in [1.807, 2.05) is 61.5 Å². The second-order valence-corrected chi connectivity index (χ2v) is 7.11. The first-order valence-corrected chi connectivity index (χ1v) is 9.22. The van der Waals surface area contributed by atoms with Crippen molar-refractivity contribution in [3.63, 3.8) is 0 Å². The lowest BCUT2D eigenvalue weighted by Crippen LogP contribution is -2.15. The van der Waals surface area contributed by atoms with E-state index in [0.29, 0.717) is 11.1 Å². The van der Waals surface area contributed by atoms with Gasteiger partial charge in [0.25, 0.3) is 0 Å². The number of H-pyrrole nitrogens is 1. The maximum Gasteiger partial charge on any atom is 0.390 e. The monoisotopic (exact) mass is 379 g/mol. The minimum atomic E-state index is -4.28. The number of nitrogens with one attached hydrogen (secondary N) is 1. The summed E-state index contributed by atoms with van der Waals surface area (Å²) in [6, 6.07) is 24.4. The van der Waals surface area contributed by atoms with Crippen molar-refractivity contribution >= 4 is 10.9 Å². The third-order valence-electron chi connectivity index (χ3n) is 5.04. The number of aromatic amines is 1. The molecule has 0 amide bonds. The number of alkyl halides is 3. The van der Waals surface area contributed by atoms with Crippen LogP contribution in [0.1, 0.15) is 29.0 Å². The van der Waals surface area contributed by atoms with Crippen LogP contribution in [0.2, 0.25) is 0 Å². The van der Waals surface area contributed by atoms with E-state index in [4.69, 9.17) is 0 Å². The Bertz CT molecular complexity index is 1080. The molecule has 0 unspecified atom stereocenters. The van der Waals surface area contributed by atoms with Crippen LogP contribution in [0.5, 0.6) is 0 Å². The molecule has 28 heavy (non-hydrogen) atoms. The fraction of sp³-hybridized carbons (Fsp3) is 0.167. The average molecular weight is 379 g/mol. The zero-order valence-corrected chi connectivity index (χ0v) is 15.4. The summed E-state index contributed by atoms with van der Waals surface area (Å²) in [6.07, 6.45) is -5.18. The molecule has 0 radical (unpaired) electrons. The van der Waals surface area contributed by atoms with E-state index in [0.717, 1.165) is 27.7 Å². The van der Waals surface area contributed by atoms with E-state index in [9.17, 15) is 13.2 Å². The van der Waals surface area contributed by atoms with E-state index < -0.39 is 18.5 Å². The zero-order chi connectivity index (χ0) is 19.7. The van der Waals surface area contributed by atoms with Crippen LogP contribution in [0.15, 0.2) is 78.9 Å². The van der Waals surface area contributed by atoms with Gasteiger partial charge < -0.3 is 4.98 Å². The number of benzene rings is 3. The molecule has 0 fully saturated rings. The number of fused-ring (bicyclic) bond motifs is 1. The molecule has 0 aliphatic carbocycles. The highest BCUT2D eigenvalue weighted by Crippen LogP contribution is 2.43. The molecule has 1 N–H and O–H groups in total. The molecule has 1 aromatic heterocycles. The maximum atomic E-state index is 13.6. The van der Waals surface area contributed by atoms with Crippen molar-refractivity contribution in [3.05, 3.63) is 95.6 Å². The molecule has 1 heterocycles. The fourth-order valence-electron chi connectivity index (χ4n) is 3.83. The van der Waals surface area contributed by atoms with Crippen LogP contribution in [0.4, 0.5) is 13.2 Å². The van der Waals surface area contributed by atoms with Crippen molar-refractivity contribution in [3.8, 4) is 11.3 Å². The molecule has 0 aliphatic rings. The Balaban J connectivity index is 2.00. The van der Waals surface area contributed by atoms with E-state index in [1.165, 1.54) is 0 Å². The molecule has 3 aromatic carbocycles. The van der Waals surface area contributed by atoms with Crippen LogP contribution in [0, 0.1) is 6.92 Å². The van der Waals surface area contributed by atoms with Crippen molar-refractivity contribution in [1.29, 1.82) is 0 Å². The maximum absolute atomic E-state index is 13.6. The first kappa shape index (κ1) is 18.4. The Hall–Kier alpha value is -3.01. The molecule has 0 bridgehead atoms. The molecule has 142 valence electrons. The van der Waals surface area contributed by atoms with Crippen molar-refractivity contribution in [1.82, 2.24) is 4.98 Å². The predicted molar refractivity (Wildman–Crippen MR) is 107 cm³/mol. The van der Waals surface area contributed by atoms with Crippen LogP contribution < -0.4 is 0 Å². The third kappa shape index (κ3) is 3.68. The normalized spacial score (nSPS) is 13.0. The predicted octanol–water partition coefficient (Wildman–Crippen LogP) is 7.23. The van der Waals surface area contributed by atoms with Gasteiger partial charge >= 0.3 is 6.18 Å². The highest BCUT2D eigenvalue weighted by molar-refractivity contribution is 5.92. The molecular formula is C24H20F3N. The summed E-state index contributed by atoms with van der Waals surface area (Å²) in [5.41, 5.74) is 4.92. The van der Waals surface area contributed by atoms with Crippen molar-refractivity contribution in [2.24, 2.45) is 0 Å². The number of hydrogen-bond donors (Lipinski definition) is 1. The van der Waals surface area contributed by atoms with Gasteiger partial charge in [0.1, 0.15) is 0 Å². The standard InChI is InChI=1S/C24H20F3N/c1-16-12-13-19-21(14-16)28-23(18-10-6-3-7-11-18)22(19)20(15-24(25,26)27)17-8-4-2-5-9-17/h2-14,20,28H,15H2,1H3/t20-/m0/s1. The van der Waals surface area contributed by atoms with Gasteiger partial charge in [-0.2, -0.15) is 13.2 Å². The van der Waals surface area contributed by atoms with Gasteiger partial charge in [-0.3, -0.25) is 0 Å². The quantitative estimate of drug-likeness (QED) is 0.385. The lowest BCUT2D eigenvalue weighted by molar-refractivity contribution is -0.136. The molecule has 4 heteroatoms. The van der Waals surface area contributed by atoms with Gasteiger partial charge in [-0.05, 0) is 35.2 Å². The Kier molecular flexibility index (Phi) is 4.71. The fourth-order valence-corrected chi connectivity index (χ4v) is 3.83. The van der Waals surface area contributed by atoms with Crippen molar-refractivity contribution in [2.45, 2.75) is 25.4 Å². The van der Waals surface area contributed by atoms with Gasteiger partial charge in [0.05, 0.1) is 12.1 Å². The number of hydrogen-bond acceptors (Lipinski definition) is 0. The number of rotatable bonds is 4. The minimum Gasteiger partial charge on any atom is -0.354 e. The SMILES string of the molecule is Cc1ccc2c([C@@H](CC(F)(F)F)c3ccccc3)c(-c3ccccc3)[nH]c2c1. The summed E-state index contributed by atoms with van der Waals surface area (Å²) < 4.78 is 40.7. The smallest absolute Gasteiger partial charge is 0.354 e. The second kappa shape index (κ2) is 7.19. The van der Waals surface area contributed by atoms with E-state index in [-0.39, 0.29) is 0 Å². The number of aromatic nitrogens is 1. The van der Waals surface area contributed by atoms with Crippen LogP contribution >= 0.6 is 0 Å². The Morgan fingerprint density at radius 3 is 2.14 bits per heavy atom.